The Morgan fingerprint density at radius 3 is 2.83 bits per heavy atom. The molecule has 3 aromatic rings. The number of para-hydroxylation sites is 1. The molecule has 0 aliphatic heterocycles. The molecule has 0 atom stereocenters. The number of benzene rings is 1. The first-order valence-electron chi connectivity index (χ1n) is 6.16. The van der Waals surface area contributed by atoms with Crippen molar-refractivity contribution in [1.29, 1.82) is 0 Å². The van der Waals surface area contributed by atoms with Crippen LogP contribution in [-0.2, 0) is 6.54 Å². The zero-order valence-corrected chi connectivity index (χ0v) is 10.6. The maximum absolute atomic E-state index is 6.07. The van der Waals surface area contributed by atoms with Gasteiger partial charge in [-0.25, -0.2) is 9.97 Å². The smallest absolute Gasteiger partial charge is 0.150 e. The van der Waals surface area contributed by atoms with Gasteiger partial charge in [-0.2, -0.15) is 0 Å². The second kappa shape index (κ2) is 3.98. The van der Waals surface area contributed by atoms with Crippen LogP contribution in [0.5, 0.6) is 0 Å². The molecular weight excluding hydrogens is 224 g/mol. The van der Waals surface area contributed by atoms with E-state index in [0.717, 1.165) is 28.5 Å². The standard InChI is InChI=1S/C14H16N4/c1-9(2)7-18-8-16-12-10-5-3-4-6-11(10)17-14(15)13(12)18/h3-6,8-9H,7H2,1-2H3,(H2,15,17). The molecule has 4 heteroatoms. The Labute approximate surface area is 105 Å². The van der Waals surface area contributed by atoms with Crippen molar-refractivity contribution in [3.05, 3.63) is 30.6 Å². The number of hydrogen-bond donors (Lipinski definition) is 1. The number of nitrogens with two attached hydrogens (primary N) is 1. The van der Waals surface area contributed by atoms with E-state index in [1.165, 1.54) is 0 Å². The minimum absolute atomic E-state index is 0.549. The summed E-state index contributed by atoms with van der Waals surface area (Å²) in [4.78, 5) is 8.96. The molecule has 0 bridgehead atoms. The first-order chi connectivity index (χ1) is 8.66. The SMILES string of the molecule is CC(C)Cn1cnc2c3ccccc3nc(N)c21. The molecule has 2 aromatic heterocycles. The van der Waals surface area contributed by atoms with Crippen LogP contribution in [0.25, 0.3) is 21.9 Å². The lowest BCUT2D eigenvalue weighted by Crippen LogP contribution is -2.05. The molecule has 2 N–H and O–H groups in total. The predicted molar refractivity (Wildman–Crippen MR) is 74.3 cm³/mol. The third kappa shape index (κ3) is 1.61. The maximum Gasteiger partial charge on any atom is 0.150 e. The minimum Gasteiger partial charge on any atom is -0.382 e. The molecule has 1 aromatic carbocycles. The molecule has 18 heavy (non-hydrogen) atoms. The molecular formula is C14H16N4. The van der Waals surface area contributed by atoms with Gasteiger partial charge < -0.3 is 10.3 Å². The molecule has 0 aliphatic rings. The van der Waals surface area contributed by atoms with Crippen molar-refractivity contribution in [1.82, 2.24) is 14.5 Å². The number of hydrogen-bond acceptors (Lipinski definition) is 3. The Bertz CT molecular complexity index is 712. The van der Waals surface area contributed by atoms with E-state index in [-0.39, 0.29) is 0 Å². The normalized spacial score (nSPS) is 11.7. The van der Waals surface area contributed by atoms with E-state index in [9.17, 15) is 0 Å². The van der Waals surface area contributed by atoms with Gasteiger partial charge in [0, 0.05) is 11.9 Å². The molecule has 0 unspecified atom stereocenters. The van der Waals surface area contributed by atoms with Crippen LogP contribution in [0.3, 0.4) is 0 Å². The quantitative estimate of drug-likeness (QED) is 0.749. The molecule has 0 fully saturated rings. The van der Waals surface area contributed by atoms with Crippen molar-refractivity contribution in [3.8, 4) is 0 Å². The highest BCUT2D eigenvalue weighted by Gasteiger charge is 2.12. The fraction of sp³-hybridized carbons (Fsp3) is 0.286. The highest BCUT2D eigenvalue weighted by Crippen LogP contribution is 2.27. The van der Waals surface area contributed by atoms with Crippen LogP contribution >= 0.6 is 0 Å². The lowest BCUT2D eigenvalue weighted by Gasteiger charge is -2.09. The monoisotopic (exact) mass is 240 g/mol. The Hall–Kier alpha value is -2.10. The number of rotatable bonds is 2. The average Bonchev–Trinajstić information content (AvgIpc) is 2.73. The molecule has 0 saturated carbocycles. The van der Waals surface area contributed by atoms with Gasteiger partial charge in [-0.15, -0.1) is 0 Å². The van der Waals surface area contributed by atoms with Crippen LogP contribution in [0.4, 0.5) is 5.82 Å². The molecule has 0 spiro atoms. The van der Waals surface area contributed by atoms with E-state index in [1.807, 2.05) is 30.6 Å². The first kappa shape index (κ1) is 11.0. The van der Waals surface area contributed by atoms with E-state index < -0.39 is 0 Å². The molecule has 4 nitrogen and oxygen atoms in total. The lowest BCUT2D eigenvalue weighted by molar-refractivity contribution is 0.533. The van der Waals surface area contributed by atoms with Crippen LogP contribution in [0.2, 0.25) is 0 Å². The van der Waals surface area contributed by atoms with E-state index in [2.05, 4.69) is 28.4 Å². The van der Waals surface area contributed by atoms with E-state index in [0.29, 0.717) is 11.7 Å². The summed E-state index contributed by atoms with van der Waals surface area (Å²) < 4.78 is 2.09. The maximum atomic E-state index is 6.07. The lowest BCUT2D eigenvalue weighted by atomic mass is 10.2. The number of nitrogens with zero attached hydrogens (tertiary/aromatic N) is 3. The molecule has 2 heterocycles. The molecule has 0 amide bonds. The zero-order chi connectivity index (χ0) is 12.7. The van der Waals surface area contributed by atoms with Gasteiger partial charge in [0.1, 0.15) is 16.9 Å². The molecule has 92 valence electrons. The number of nitrogen functional groups attached to an aromatic ring is 1. The van der Waals surface area contributed by atoms with Crippen molar-refractivity contribution in [2.45, 2.75) is 20.4 Å². The Morgan fingerprint density at radius 2 is 2.06 bits per heavy atom. The summed E-state index contributed by atoms with van der Waals surface area (Å²) in [6.45, 7) is 5.26. The first-order valence-corrected chi connectivity index (χ1v) is 6.16. The van der Waals surface area contributed by atoms with Crippen molar-refractivity contribution in [3.63, 3.8) is 0 Å². The van der Waals surface area contributed by atoms with Crippen LogP contribution in [-0.4, -0.2) is 14.5 Å². The van der Waals surface area contributed by atoms with Gasteiger partial charge in [-0.1, -0.05) is 32.0 Å². The number of fused-ring (bicyclic) bond motifs is 3. The summed E-state index contributed by atoms with van der Waals surface area (Å²) in [6, 6.07) is 7.97. The van der Waals surface area contributed by atoms with Gasteiger partial charge in [0.05, 0.1) is 11.8 Å². The molecule has 0 saturated heterocycles. The fourth-order valence-electron chi connectivity index (χ4n) is 2.33. The topological polar surface area (TPSA) is 56.7 Å². The Kier molecular flexibility index (Phi) is 2.44. The third-order valence-electron chi connectivity index (χ3n) is 3.04. The van der Waals surface area contributed by atoms with E-state index in [1.54, 1.807) is 0 Å². The third-order valence-corrected chi connectivity index (χ3v) is 3.04. The van der Waals surface area contributed by atoms with E-state index >= 15 is 0 Å². The van der Waals surface area contributed by atoms with Crippen molar-refractivity contribution >= 4 is 27.8 Å². The second-order valence-corrected chi connectivity index (χ2v) is 5.00. The average molecular weight is 240 g/mol. The van der Waals surface area contributed by atoms with Crippen molar-refractivity contribution in [2.24, 2.45) is 5.92 Å². The number of imidazole rings is 1. The van der Waals surface area contributed by atoms with Gasteiger partial charge >= 0.3 is 0 Å². The van der Waals surface area contributed by atoms with Gasteiger partial charge in [-0.05, 0) is 12.0 Å². The van der Waals surface area contributed by atoms with E-state index in [4.69, 9.17) is 5.73 Å². The van der Waals surface area contributed by atoms with Crippen LogP contribution in [0, 0.1) is 5.92 Å². The van der Waals surface area contributed by atoms with Crippen molar-refractivity contribution in [2.75, 3.05) is 5.73 Å². The number of pyridine rings is 1. The Balaban J connectivity index is 2.35. The van der Waals surface area contributed by atoms with Crippen molar-refractivity contribution < 1.29 is 0 Å². The number of aromatic nitrogens is 3. The van der Waals surface area contributed by atoms with Gasteiger partial charge in [0.2, 0.25) is 0 Å². The summed E-state index contributed by atoms with van der Waals surface area (Å²) in [5.41, 5.74) is 8.86. The number of anilines is 1. The highest BCUT2D eigenvalue weighted by atomic mass is 15.1. The molecule has 3 rings (SSSR count). The molecule has 0 radical (unpaired) electrons. The largest absolute Gasteiger partial charge is 0.382 e. The highest BCUT2D eigenvalue weighted by molar-refractivity contribution is 6.06. The van der Waals surface area contributed by atoms with Crippen LogP contribution in [0.15, 0.2) is 30.6 Å². The van der Waals surface area contributed by atoms with Gasteiger partial charge in [0.15, 0.2) is 0 Å². The molecule has 0 aliphatic carbocycles. The zero-order valence-electron chi connectivity index (χ0n) is 10.6. The van der Waals surface area contributed by atoms with Crippen LogP contribution in [0.1, 0.15) is 13.8 Å². The summed E-state index contributed by atoms with van der Waals surface area (Å²) in [6.07, 6.45) is 1.86. The van der Waals surface area contributed by atoms with Gasteiger partial charge in [0.25, 0.3) is 0 Å². The minimum atomic E-state index is 0.549. The summed E-state index contributed by atoms with van der Waals surface area (Å²) in [5, 5.41) is 1.06. The summed E-state index contributed by atoms with van der Waals surface area (Å²) in [5.74, 6) is 1.11. The second-order valence-electron chi connectivity index (χ2n) is 5.00. The van der Waals surface area contributed by atoms with Gasteiger partial charge in [-0.3, -0.25) is 0 Å². The summed E-state index contributed by atoms with van der Waals surface area (Å²) in [7, 11) is 0. The summed E-state index contributed by atoms with van der Waals surface area (Å²) >= 11 is 0. The predicted octanol–water partition coefficient (Wildman–Crippen LogP) is 2.82. The Morgan fingerprint density at radius 1 is 1.28 bits per heavy atom. The van der Waals surface area contributed by atoms with Crippen LogP contribution < -0.4 is 5.73 Å². The fourth-order valence-corrected chi connectivity index (χ4v) is 2.33.